The zero-order chi connectivity index (χ0) is 13.7. The summed E-state index contributed by atoms with van der Waals surface area (Å²) in [5.41, 5.74) is -0.454. The first-order chi connectivity index (χ1) is 9.22. The van der Waals surface area contributed by atoms with E-state index < -0.39 is 5.54 Å². The van der Waals surface area contributed by atoms with Crippen molar-refractivity contribution in [3.05, 3.63) is 0 Å². The van der Waals surface area contributed by atoms with Gasteiger partial charge in [-0.1, -0.05) is 12.8 Å². The topological polar surface area (TPSA) is 41.6 Å². The fourth-order valence-electron chi connectivity index (χ4n) is 3.73. The van der Waals surface area contributed by atoms with Crippen molar-refractivity contribution >= 4 is 5.97 Å². The lowest BCUT2D eigenvalue weighted by Gasteiger charge is -2.42. The highest BCUT2D eigenvalue weighted by molar-refractivity contribution is 5.81. The van der Waals surface area contributed by atoms with E-state index in [-0.39, 0.29) is 5.97 Å². The average Bonchev–Trinajstić information content (AvgIpc) is 2.75. The van der Waals surface area contributed by atoms with Gasteiger partial charge in [-0.2, -0.15) is 0 Å². The third-order valence-corrected chi connectivity index (χ3v) is 4.94. The van der Waals surface area contributed by atoms with Crippen molar-refractivity contribution in [1.82, 2.24) is 10.2 Å². The molecule has 1 aliphatic carbocycles. The van der Waals surface area contributed by atoms with Gasteiger partial charge in [0.1, 0.15) is 5.54 Å². The molecule has 0 bridgehead atoms. The summed E-state index contributed by atoms with van der Waals surface area (Å²) in [6.07, 6.45) is 9.46. The standard InChI is InChI=1S/C15H28N2O2/c1-16-15(14(18)19-2)9-7-8-13(12-15)17-10-5-3-4-6-11-17/h13,16H,3-12H2,1-2H3. The molecule has 1 heterocycles. The van der Waals surface area contributed by atoms with Crippen LogP contribution in [-0.4, -0.2) is 49.7 Å². The highest BCUT2D eigenvalue weighted by Crippen LogP contribution is 2.33. The molecule has 2 fully saturated rings. The van der Waals surface area contributed by atoms with Gasteiger partial charge in [0.2, 0.25) is 0 Å². The molecule has 110 valence electrons. The molecule has 1 saturated heterocycles. The Labute approximate surface area is 116 Å². The van der Waals surface area contributed by atoms with Gasteiger partial charge in [0.25, 0.3) is 0 Å². The maximum absolute atomic E-state index is 12.1. The first kappa shape index (κ1) is 14.8. The summed E-state index contributed by atoms with van der Waals surface area (Å²) in [6.45, 7) is 2.40. The zero-order valence-corrected chi connectivity index (χ0v) is 12.4. The van der Waals surface area contributed by atoms with Gasteiger partial charge in [-0.05, 0) is 58.7 Å². The van der Waals surface area contributed by atoms with Crippen LogP contribution in [0.25, 0.3) is 0 Å². The first-order valence-electron chi connectivity index (χ1n) is 7.73. The minimum atomic E-state index is -0.454. The normalized spacial score (nSPS) is 33.7. The smallest absolute Gasteiger partial charge is 0.326 e. The van der Waals surface area contributed by atoms with E-state index in [1.165, 1.54) is 52.3 Å². The van der Waals surface area contributed by atoms with E-state index in [4.69, 9.17) is 4.74 Å². The highest BCUT2D eigenvalue weighted by atomic mass is 16.5. The Morgan fingerprint density at radius 2 is 1.89 bits per heavy atom. The third kappa shape index (κ3) is 3.29. The number of ether oxygens (including phenoxy) is 1. The molecule has 0 aromatic heterocycles. The Bertz CT molecular complexity index is 301. The molecule has 2 rings (SSSR count). The number of rotatable bonds is 3. The molecule has 0 aromatic carbocycles. The molecule has 0 spiro atoms. The van der Waals surface area contributed by atoms with Gasteiger partial charge in [0, 0.05) is 6.04 Å². The van der Waals surface area contributed by atoms with Gasteiger partial charge < -0.3 is 15.0 Å². The second kappa shape index (κ2) is 6.71. The minimum absolute atomic E-state index is 0.0884. The first-order valence-corrected chi connectivity index (χ1v) is 7.73. The summed E-state index contributed by atoms with van der Waals surface area (Å²) >= 11 is 0. The predicted molar refractivity (Wildman–Crippen MR) is 76.1 cm³/mol. The SMILES string of the molecule is CNC1(C(=O)OC)CCCC(N2CCCCCC2)C1. The Balaban J connectivity index is 2.04. The number of hydrogen-bond acceptors (Lipinski definition) is 4. The molecule has 4 heteroatoms. The van der Waals surface area contributed by atoms with Crippen LogP contribution in [0.4, 0.5) is 0 Å². The van der Waals surface area contributed by atoms with Crippen LogP contribution in [-0.2, 0) is 9.53 Å². The largest absolute Gasteiger partial charge is 0.468 e. The molecule has 0 aromatic rings. The summed E-state index contributed by atoms with van der Waals surface area (Å²) in [4.78, 5) is 14.7. The quantitative estimate of drug-likeness (QED) is 0.794. The van der Waals surface area contributed by atoms with Gasteiger partial charge in [0.15, 0.2) is 0 Å². The van der Waals surface area contributed by atoms with Gasteiger partial charge in [0.05, 0.1) is 7.11 Å². The lowest BCUT2D eigenvalue weighted by atomic mass is 9.78. The number of hydrogen-bond donors (Lipinski definition) is 1. The van der Waals surface area contributed by atoms with E-state index in [1.807, 2.05) is 7.05 Å². The van der Waals surface area contributed by atoms with Crippen molar-refractivity contribution in [2.24, 2.45) is 0 Å². The number of carbonyl (C=O) groups is 1. The van der Waals surface area contributed by atoms with Crippen LogP contribution in [0.5, 0.6) is 0 Å². The number of carbonyl (C=O) groups excluding carboxylic acids is 1. The fourth-order valence-corrected chi connectivity index (χ4v) is 3.73. The second-order valence-electron chi connectivity index (χ2n) is 6.02. The lowest BCUT2D eigenvalue weighted by molar-refractivity contribution is -0.151. The number of nitrogens with zero attached hydrogens (tertiary/aromatic N) is 1. The Kier molecular flexibility index (Phi) is 5.22. The monoisotopic (exact) mass is 268 g/mol. The number of likely N-dealkylation sites (N-methyl/N-ethyl adjacent to an activating group) is 1. The highest BCUT2D eigenvalue weighted by Gasteiger charge is 2.43. The molecule has 1 saturated carbocycles. The molecule has 2 atom stereocenters. The summed E-state index contributed by atoms with van der Waals surface area (Å²) < 4.78 is 5.02. The molecule has 2 aliphatic rings. The van der Waals surface area contributed by atoms with Crippen molar-refractivity contribution in [2.45, 2.75) is 62.9 Å². The van der Waals surface area contributed by atoms with Crippen LogP contribution in [0.1, 0.15) is 51.4 Å². The van der Waals surface area contributed by atoms with Crippen molar-refractivity contribution in [1.29, 1.82) is 0 Å². The van der Waals surface area contributed by atoms with E-state index in [2.05, 4.69) is 10.2 Å². The molecule has 4 nitrogen and oxygen atoms in total. The second-order valence-corrected chi connectivity index (χ2v) is 6.02. The van der Waals surface area contributed by atoms with Crippen molar-refractivity contribution in [3.63, 3.8) is 0 Å². The molecular weight excluding hydrogens is 240 g/mol. The van der Waals surface area contributed by atoms with Crippen molar-refractivity contribution in [3.8, 4) is 0 Å². The molecule has 1 aliphatic heterocycles. The average molecular weight is 268 g/mol. The molecule has 0 amide bonds. The van der Waals surface area contributed by atoms with Crippen LogP contribution in [0, 0.1) is 0 Å². The molecule has 2 unspecified atom stereocenters. The maximum Gasteiger partial charge on any atom is 0.326 e. The van der Waals surface area contributed by atoms with Gasteiger partial charge in [-0.15, -0.1) is 0 Å². The van der Waals surface area contributed by atoms with Crippen molar-refractivity contribution < 1.29 is 9.53 Å². The summed E-state index contributed by atoms with van der Waals surface area (Å²) in [5.74, 6) is -0.0884. The van der Waals surface area contributed by atoms with E-state index in [0.717, 1.165) is 19.3 Å². The van der Waals surface area contributed by atoms with E-state index in [1.54, 1.807) is 0 Å². The lowest BCUT2D eigenvalue weighted by Crippen LogP contribution is -2.57. The number of nitrogens with one attached hydrogen (secondary N) is 1. The molecule has 19 heavy (non-hydrogen) atoms. The molecular formula is C15H28N2O2. The van der Waals surface area contributed by atoms with Gasteiger partial charge in [-0.3, -0.25) is 4.79 Å². The van der Waals surface area contributed by atoms with Crippen LogP contribution < -0.4 is 5.32 Å². The van der Waals surface area contributed by atoms with Gasteiger partial charge in [-0.25, -0.2) is 0 Å². The van der Waals surface area contributed by atoms with Crippen LogP contribution >= 0.6 is 0 Å². The Morgan fingerprint density at radius 1 is 1.21 bits per heavy atom. The number of likely N-dealkylation sites (tertiary alicyclic amines) is 1. The zero-order valence-electron chi connectivity index (χ0n) is 12.4. The summed E-state index contributed by atoms with van der Waals surface area (Å²) in [6, 6.07) is 0.540. The summed E-state index contributed by atoms with van der Waals surface area (Å²) in [5, 5.41) is 3.25. The predicted octanol–water partition coefficient (Wildman–Crippen LogP) is 1.94. The van der Waals surface area contributed by atoms with E-state index in [9.17, 15) is 4.79 Å². The van der Waals surface area contributed by atoms with Crippen LogP contribution in [0.15, 0.2) is 0 Å². The van der Waals surface area contributed by atoms with Crippen LogP contribution in [0.2, 0.25) is 0 Å². The van der Waals surface area contributed by atoms with Crippen molar-refractivity contribution in [2.75, 3.05) is 27.2 Å². The van der Waals surface area contributed by atoms with E-state index >= 15 is 0 Å². The maximum atomic E-state index is 12.1. The number of methoxy groups -OCH3 is 1. The third-order valence-electron chi connectivity index (χ3n) is 4.94. The van der Waals surface area contributed by atoms with Crippen LogP contribution in [0.3, 0.4) is 0 Å². The molecule has 0 radical (unpaired) electrons. The van der Waals surface area contributed by atoms with Gasteiger partial charge >= 0.3 is 5.97 Å². The fraction of sp³-hybridized carbons (Fsp3) is 0.933. The number of esters is 1. The molecule has 1 N–H and O–H groups in total. The van der Waals surface area contributed by atoms with E-state index in [0.29, 0.717) is 6.04 Å². The minimum Gasteiger partial charge on any atom is -0.468 e. The Hall–Kier alpha value is -0.610. The summed E-state index contributed by atoms with van der Waals surface area (Å²) in [7, 11) is 3.39. The Morgan fingerprint density at radius 3 is 2.47 bits per heavy atom.